The highest BCUT2D eigenvalue weighted by atomic mass is 16.6. The molecule has 8 rings (SSSR count). The lowest BCUT2D eigenvalue weighted by molar-refractivity contribution is -0.138. The third kappa shape index (κ3) is 38.7. The lowest BCUT2D eigenvalue weighted by atomic mass is 10.0. The Kier molecular flexibility index (Phi) is 47.9. The maximum absolute atomic E-state index is 12.2. The van der Waals surface area contributed by atoms with Gasteiger partial charge in [-0.3, -0.25) is 0 Å². The monoisotopic (exact) mass is 1370 g/mol. The molecule has 12 nitrogen and oxygen atoms in total. The summed E-state index contributed by atoms with van der Waals surface area (Å²) < 4.78 is 30.6. The first-order valence-electron chi connectivity index (χ1n) is 35.1. The second-order valence-corrected chi connectivity index (χ2v) is 20.3. The molecular weight excluding hydrogens is 1260 g/mol. The van der Waals surface area contributed by atoms with Gasteiger partial charge in [-0.2, -0.15) is 0 Å². The van der Waals surface area contributed by atoms with Crippen molar-refractivity contribution in [2.75, 3.05) is 19.8 Å². The Bertz CT molecular complexity index is 3780. The number of esters is 6. The van der Waals surface area contributed by atoms with Crippen LogP contribution in [0.25, 0.3) is 36.5 Å². The van der Waals surface area contributed by atoms with Crippen LogP contribution >= 0.6 is 0 Å². The van der Waals surface area contributed by atoms with Crippen molar-refractivity contribution >= 4 is 72.3 Å². The Hall–Kier alpha value is -11.0. The number of carbonyl (C=O) groups excluding carboxylic acids is 6. The summed E-state index contributed by atoms with van der Waals surface area (Å²) >= 11 is 0. The molecule has 0 saturated heterocycles. The Morgan fingerprint density at radius 2 is 0.426 bits per heavy atom. The quantitative estimate of drug-likeness (QED) is 0.0244. The van der Waals surface area contributed by atoms with Crippen molar-refractivity contribution < 1.29 is 57.2 Å². The molecule has 12 heteroatoms. The fraction of sp³-hybridized carbons (Fsp3) is 0.258. The second-order valence-electron chi connectivity index (χ2n) is 20.3. The number of ether oxygens (including phenoxy) is 6. The van der Waals surface area contributed by atoms with Crippen LogP contribution in [0.5, 0.6) is 17.2 Å². The van der Waals surface area contributed by atoms with Gasteiger partial charge in [0.25, 0.3) is 0 Å². The van der Waals surface area contributed by atoms with Gasteiger partial charge >= 0.3 is 35.8 Å². The zero-order valence-electron chi connectivity index (χ0n) is 62.3. The fourth-order valence-corrected chi connectivity index (χ4v) is 8.38. The highest BCUT2D eigenvalue weighted by Gasteiger charge is 2.07. The van der Waals surface area contributed by atoms with Gasteiger partial charge in [0.2, 0.25) is 0 Å². The van der Waals surface area contributed by atoms with Gasteiger partial charge in [-0.1, -0.05) is 246 Å². The molecule has 0 N–H and O–H groups in total. The number of carbonyl (C=O) groups is 6. The van der Waals surface area contributed by atoms with E-state index in [1.807, 2.05) is 191 Å². The molecule has 101 heavy (non-hydrogen) atoms. The summed E-state index contributed by atoms with van der Waals surface area (Å²) in [7, 11) is 0. The maximum Gasteiger partial charge on any atom is 0.336 e. The Morgan fingerprint density at radius 3 is 0.634 bits per heavy atom. The molecule has 0 amide bonds. The average molecular weight is 1370 g/mol. The molecule has 0 heterocycles. The van der Waals surface area contributed by atoms with Gasteiger partial charge in [0, 0.05) is 36.5 Å². The minimum absolute atomic E-state index is 0.348. The van der Waals surface area contributed by atoms with Crippen molar-refractivity contribution in [3.05, 3.63) is 303 Å². The predicted octanol–water partition coefficient (Wildman–Crippen LogP) is 21.4. The van der Waals surface area contributed by atoms with Gasteiger partial charge < -0.3 is 28.4 Å². The highest BCUT2D eigenvalue weighted by molar-refractivity contribution is 5.91. The molecule has 0 saturated carbocycles. The first-order chi connectivity index (χ1) is 49.2. The lowest BCUT2D eigenvalue weighted by Crippen LogP contribution is -2.03. The van der Waals surface area contributed by atoms with Crippen molar-refractivity contribution in [2.45, 2.75) is 136 Å². The van der Waals surface area contributed by atoms with Gasteiger partial charge in [0.1, 0.15) is 17.2 Å². The third-order valence-corrected chi connectivity index (χ3v) is 13.3. The van der Waals surface area contributed by atoms with E-state index >= 15 is 0 Å². The molecule has 534 valence electrons. The SMILES string of the molecule is CC.CC.CC.CC.CC.CCOC(=O)/C=C/c1ccc(/C=C/C(=O)Oc2ccc(CC)cc2)cc1.CCOC(=O)/C=C/c1ccc(/C=C/C(=O)Oc2ccc(Cc3ccc(C)cc3)cc2)cc1.CCOC(=O)/C=C/c1ccc(/C=C/C(=O)Oc2ccc(Cc3ccc(CC)cc3)cc2)cc1. The van der Waals surface area contributed by atoms with E-state index in [2.05, 4.69) is 69.3 Å². The van der Waals surface area contributed by atoms with E-state index in [9.17, 15) is 28.8 Å². The normalized spacial score (nSPS) is 10.3. The van der Waals surface area contributed by atoms with Crippen LogP contribution in [0.3, 0.4) is 0 Å². The van der Waals surface area contributed by atoms with Crippen LogP contribution in [0, 0.1) is 6.92 Å². The standard InChI is InChI=1S/C29H28O4.C28H26O4.C22H22O4.5C2H6/c1-3-22-5-11-25(12-6-22)21-26-13-17-27(18-14-26)33-29(31)20-16-24-9-7-23(8-10-24)15-19-28(30)32-4-2;1-3-31-27(29)18-14-22-8-10-23(11-9-22)15-19-28(30)32-26-16-12-25(13-17-26)20-24-6-4-21(2)5-7-24;1-3-17-9-13-20(14-10-17)26-22(24)16-12-19-7-5-18(6-8-19)11-15-21(23)25-4-2;5*1-2/h5-20H,3-4,21H2,1-2H3;4-19H,3,20H2,1-2H3;5-16H,3-4H2,1-2H3;5*1-2H3/b19-15+,20-16+;18-14+,19-15+;15-11+,16-12+;;;;;. The third-order valence-electron chi connectivity index (χ3n) is 13.3. The number of rotatable bonds is 24. The smallest absolute Gasteiger partial charge is 0.336 e. The molecule has 0 aliphatic heterocycles. The van der Waals surface area contributed by atoms with Gasteiger partial charge in [-0.25, -0.2) is 28.8 Å². The molecule has 8 aromatic carbocycles. The maximum atomic E-state index is 12.2. The molecule has 0 aliphatic rings. The number of benzene rings is 8. The van der Waals surface area contributed by atoms with Gasteiger partial charge in [0.15, 0.2) is 0 Å². The average Bonchev–Trinajstić information content (AvgIpc) is 0.937. The first-order valence-corrected chi connectivity index (χ1v) is 35.1. The molecule has 0 bridgehead atoms. The molecule has 0 unspecified atom stereocenters. The first kappa shape index (κ1) is 88.0. The topological polar surface area (TPSA) is 158 Å². The number of hydrogen-bond acceptors (Lipinski definition) is 12. The van der Waals surface area contributed by atoms with E-state index in [1.165, 1.54) is 64.3 Å². The van der Waals surface area contributed by atoms with Crippen LogP contribution in [-0.4, -0.2) is 55.6 Å². The Morgan fingerprint density at radius 1 is 0.248 bits per heavy atom. The van der Waals surface area contributed by atoms with Gasteiger partial charge in [0.05, 0.1) is 19.8 Å². The molecular formula is C89H106O12. The van der Waals surface area contributed by atoms with Crippen molar-refractivity contribution in [1.82, 2.24) is 0 Å². The highest BCUT2D eigenvalue weighted by Crippen LogP contribution is 2.20. The lowest BCUT2D eigenvalue weighted by Gasteiger charge is -2.05. The number of aryl methyl sites for hydroxylation is 3. The van der Waals surface area contributed by atoms with Crippen molar-refractivity contribution in [1.29, 1.82) is 0 Å². The van der Waals surface area contributed by atoms with Crippen LogP contribution in [0.4, 0.5) is 0 Å². The second kappa shape index (κ2) is 55.0. The minimum Gasteiger partial charge on any atom is -0.463 e. The van der Waals surface area contributed by atoms with E-state index in [0.717, 1.165) is 70.2 Å². The molecule has 0 spiro atoms. The van der Waals surface area contributed by atoms with Crippen molar-refractivity contribution in [3.63, 3.8) is 0 Å². The van der Waals surface area contributed by atoms with Gasteiger partial charge in [-0.15, -0.1) is 0 Å². The molecule has 0 atom stereocenters. The summed E-state index contributed by atoms with van der Waals surface area (Å²) in [6.07, 6.45) is 22.1. The summed E-state index contributed by atoms with van der Waals surface area (Å²) in [4.78, 5) is 70.1. The van der Waals surface area contributed by atoms with E-state index in [1.54, 1.807) is 81.5 Å². The minimum atomic E-state index is -0.442. The largest absolute Gasteiger partial charge is 0.463 e. The molecule has 8 aromatic rings. The molecule has 0 radical (unpaired) electrons. The molecule has 0 fully saturated rings. The van der Waals surface area contributed by atoms with Crippen molar-refractivity contribution in [3.8, 4) is 17.2 Å². The van der Waals surface area contributed by atoms with E-state index in [-0.39, 0.29) is 17.9 Å². The van der Waals surface area contributed by atoms with E-state index < -0.39 is 17.9 Å². The van der Waals surface area contributed by atoms with Crippen LogP contribution in [0.1, 0.15) is 176 Å². The summed E-state index contributed by atoms with van der Waals surface area (Å²) in [6.45, 7) is 32.6. The predicted molar refractivity (Wildman–Crippen MR) is 418 cm³/mol. The van der Waals surface area contributed by atoms with Gasteiger partial charge in [-0.05, 0) is 193 Å². The summed E-state index contributed by atoms with van der Waals surface area (Å²) in [5.41, 5.74) is 13.7. The van der Waals surface area contributed by atoms with Crippen LogP contribution in [0.2, 0.25) is 0 Å². The summed E-state index contributed by atoms with van der Waals surface area (Å²) in [5, 5.41) is 0. The van der Waals surface area contributed by atoms with Crippen LogP contribution in [0.15, 0.2) is 231 Å². The fourth-order valence-electron chi connectivity index (χ4n) is 8.38. The summed E-state index contributed by atoms with van der Waals surface area (Å²) in [5.74, 6) is -0.888. The number of hydrogen-bond donors (Lipinski definition) is 0. The van der Waals surface area contributed by atoms with Crippen LogP contribution < -0.4 is 14.2 Å². The van der Waals surface area contributed by atoms with E-state index in [4.69, 9.17) is 28.4 Å². The summed E-state index contributed by atoms with van der Waals surface area (Å²) in [6, 6.07) is 61.9. The van der Waals surface area contributed by atoms with E-state index in [0.29, 0.717) is 37.1 Å². The Labute approximate surface area is 602 Å². The molecule has 0 aliphatic carbocycles. The zero-order valence-corrected chi connectivity index (χ0v) is 62.3. The zero-order chi connectivity index (χ0) is 75.0. The molecule has 0 aromatic heterocycles. The van der Waals surface area contributed by atoms with Crippen molar-refractivity contribution in [2.24, 2.45) is 0 Å². The van der Waals surface area contributed by atoms with Crippen LogP contribution in [-0.2, 0) is 68.7 Å². The Balaban J connectivity index is 0.000000716.